The fourth-order valence-corrected chi connectivity index (χ4v) is 4.65. The number of anilines is 3. The van der Waals surface area contributed by atoms with Gasteiger partial charge in [0, 0.05) is 23.2 Å². The minimum atomic E-state index is -0.318. The van der Waals surface area contributed by atoms with Crippen LogP contribution in [0.3, 0.4) is 0 Å². The molecule has 1 saturated heterocycles. The third-order valence-electron chi connectivity index (χ3n) is 6.54. The number of ether oxygens (including phenoxy) is 3. The van der Waals surface area contributed by atoms with Crippen LogP contribution in [0.15, 0.2) is 60.9 Å². The number of aromatic nitrogens is 2. The average molecular weight is 610 g/mol. The lowest BCUT2D eigenvalue weighted by atomic mass is 10.1. The van der Waals surface area contributed by atoms with Gasteiger partial charge in [-0.25, -0.2) is 14.4 Å². The van der Waals surface area contributed by atoms with Gasteiger partial charge in [0.1, 0.15) is 41.7 Å². The Kier molecular flexibility index (Phi) is 11.0. The molecule has 1 aromatic heterocycles. The molecular formula is C32H37ClFN5O4. The van der Waals surface area contributed by atoms with E-state index in [0.29, 0.717) is 29.1 Å². The number of fused-ring (bicyclic) bond motifs is 1. The Morgan fingerprint density at radius 3 is 2.51 bits per heavy atom. The first-order valence-electron chi connectivity index (χ1n) is 14.0. The van der Waals surface area contributed by atoms with Crippen molar-refractivity contribution in [3.63, 3.8) is 0 Å². The molecule has 5 rings (SSSR count). The molecule has 4 aromatic rings. The SMILES string of the molecule is CC(C)(C)OC=O.COc1cc2ncnc(Nc3ccc(OCc4cccc(F)c4)c(Cl)c3)c2cc1NC1CCNCC1. The molecule has 0 aliphatic carbocycles. The lowest BCUT2D eigenvalue weighted by Crippen LogP contribution is -2.35. The van der Waals surface area contributed by atoms with Gasteiger partial charge in [-0.15, -0.1) is 0 Å². The second-order valence-corrected chi connectivity index (χ2v) is 11.4. The summed E-state index contributed by atoms with van der Waals surface area (Å²) in [6.07, 6.45) is 3.61. The van der Waals surface area contributed by atoms with Gasteiger partial charge in [0.15, 0.2) is 0 Å². The molecule has 3 N–H and O–H groups in total. The minimum Gasteiger partial charge on any atom is -0.495 e. The molecule has 9 nitrogen and oxygen atoms in total. The zero-order valence-corrected chi connectivity index (χ0v) is 25.5. The van der Waals surface area contributed by atoms with Gasteiger partial charge in [-0.1, -0.05) is 23.7 Å². The standard InChI is InChI=1S/C27H27ClFN5O2.C5H10O2/c1-35-26-14-23-21(13-24(26)33-19-7-9-30-10-8-19)27(32-16-31-23)34-20-5-6-25(22(28)12-20)36-15-17-3-2-4-18(29)11-17;1-5(2,3)7-4-6/h2-6,11-14,16,19,30,33H,7-10,15H2,1H3,(H,31,32,34);4H,1-3H3. The van der Waals surface area contributed by atoms with E-state index in [1.54, 1.807) is 31.4 Å². The third kappa shape index (κ3) is 9.42. The number of hydrogen-bond acceptors (Lipinski definition) is 9. The lowest BCUT2D eigenvalue weighted by molar-refractivity contribution is -0.138. The summed E-state index contributed by atoms with van der Waals surface area (Å²) in [5, 5.41) is 11.6. The van der Waals surface area contributed by atoms with E-state index in [0.717, 1.165) is 59.5 Å². The zero-order chi connectivity index (χ0) is 30.8. The summed E-state index contributed by atoms with van der Waals surface area (Å²) in [6, 6.07) is 16.0. The molecule has 0 bridgehead atoms. The van der Waals surface area contributed by atoms with Crippen LogP contribution in [0.2, 0.25) is 5.02 Å². The van der Waals surface area contributed by atoms with Gasteiger partial charge in [0.2, 0.25) is 0 Å². The zero-order valence-electron chi connectivity index (χ0n) is 24.7. The summed E-state index contributed by atoms with van der Waals surface area (Å²) in [5.41, 5.74) is 2.84. The van der Waals surface area contributed by atoms with Crippen LogP contribution in [0.4, 0.5) is 21.6 Å². The number of hydrogen-bond donors (Lipinski definition) is 3. The number of methoxy groups -OCH3 is 1. The van der Waals surface area contributed by atoms with Crippen molar-refractivity contribution in [2.45, 2.75) is 51.9 Å². The van der Waals surface area contributed by atoms with Crippen LogP contribution in [0.25, 0.3) is 10.9 Å². The second-order valence-electron chi connectivity index (χ2n) is 11.0. The molecule has 11 heteroatoms. The van der Waals surface area contributed by atoms with Gasteiger partial charge in [0.25, 0.3) is 6.47 Å². The highest BCUT2D eigenvalue weighted by Gasteiger charge is 2.17. The molecule has 0 unspecified atom stereocenters. The molecule has 0 spiro atoms. The highest BCUT2D eigenvalue weighted by Crippen LogP contribution is 2.35. The van der Waals surface area contributed by atoms with Crippen LogP contribution in [0.5, 0.6) is 11.5 Å². The summed E-state index contributed by atoms with van der Waals surface area (Å²) >= 11 is 6.48. The highest BCUT2D eigenvalue weighted by atomic mass is 35.5. The summed E-state index contributed by atoms with van der Waals surface area (Å²) in [6.45, 7) is 8.12. The molecule has 1 fully saturated rings. The Morgan fingerprint density at radius 2 is 1.86 bits per heavy atom. The first kappa shape index (κ1) is 31.8. The van der Waals surface area contributed by atoms with Crippen LogP contribution in [0, 0.1) is 5.82 Å². The van der Waals surface area contributed by atoms with E-state index in [9.17, 15) is 9.18 Å². The largest absolute Gasteiger partial charge is 0.495 e. The quantitative estimate of drug-likeness (QED) is 0.175. The van der Waals surface area contributed by atoms with Gasteiger partial charge >= 0.3 is 0 Å². The predicted octanol–water partition coefficient (Wildman–Crippen LogP) is 6.88. The van der Waals surface area contributed by atoms with Crippen molar-refractivity contribution in [2.24, 2.45) is 0 Å². The van der Waals surface area contributed by atoms with E-state index in [1.165, 1.54) is 18.5 Å². The second kappa shape index (κ2) is 14.8. The predicted molar refractivity (Wildman–Crippen MR) is 168 cm³/mol. The third-order valence-corrected chi connectivity index (χ3v) is 6.83. The van der Waals surface area contributed by atoms with E-state index in [2.05, 4.69) is 30.7 Å². The normalized spacial score (nSPS) is 13.4. The van der Waals surface area contributed by atoms with Gasteiger partial charge in [-0.3, -0.25) is 4.79 Å². The van der Waals surface area contributed by atoms with Gasteiger partial charge in [-0.05, 0) is 88.7 Å². The van der Waals surface area contributed by atoms with E-state index in [4.69, 9.17) is 21.1 Å². The first-order valence-corrected chi connectivity index (χ1v) is 14.4. The van der Waals surface area contributed by atoms with Crippen LogP contribution in [0.1, 0.15) is 39.2 Å². The molecule has 1 aliphatic heterocycles. The van der Waals surface area contributed by atoms with E-state index >= 15 is 0 Å². The molecule has 0 amide bonds. The number of rotatable bonds is 9. The van der Waals surface area contributed by atoms with Crippen molar-refractivity contribution in [1.29, 1.82) is 0 Å². The first-order chi connectivity index (χ1) is 20.6. The van der Waals surface area contributed by atoms with Crippen molar-refractivity contribution >= 4 is 46.2 Å². The Bertz CT molecular complexity index is 1530. The summed E-state index contributed by atoms with van der Waals surface area (Å²) < 4.78 is 29.4. The summed E-state index contributed by atoms with van der Waals surface area (Å²) in [4.78, 5) is 18.5. The number of benzene rings is 3. The Labute approximate surface area is 256 Å². The Hall–Kier alpha value is -4.15. The van der Waals surface area contributed by atoms with E-state index in [-0.39, 0.29) is 18.0 Å². The topological polar surface area (TPSA) is 107 Å². The Morgan fingerprint density at radius 1 is 1.07 bits per heavy atom. The average Bonchev–Trinajstić information content (AvgIpc) is 2.97. The van der Waals surface area contributed by atoms with Crippen molar-refractivity contribution in [3.05, 3.63) is 77.3 Å². The highest BCUT2D eigenvalue weighted by molar-refractivity contribution is 6.32. The van der Waals surface area contributed by atoms with Crippen molar-refractivity contribution in [2.75, 3.05) is 30.8 Å². The number of carbonyl (C=O) groups excluding carboxylic acids is 1. The van der Waals surface area contributed by atoms with Gasteiger partial charge in [-0.2, -0.15) is 0 Å². The maximum absolute atomic E-state index is 13.4. The molecule has 0 saturated carbocycles. The fraction of sp³-hybridized carbons (Fsp3) is 0.344. The van der Waals surface area contributed by atoms with Crippen LogP contribution < -0.4 is 25.4 Å². The van der Waals surface area contributed by atoms with Gasteiger partial charge in [0.05, 0.1) is 23.3 Å². The molecule has 228 valence electrons. The molecule has 0 radical (unpaired) electrons. The molecule has 43 heavy (non-hydrogen) atoms. The smallest absolute Gasteiger partial charge is 0.293 e. The molecule has 3 aromatic carbocycles. The summed E-state index contributed by atoms with van der Waals surface area (Å²) in [5.74, 6) is 1.61. The molecule has 2 heterocycles. The van der Waals surface area contributed by atoms with E-state index in [1.807, 2.05) is 39.0 Å². The van der Waals surface area contributed by atoms with E-state index < -0.39 is 0 Å². The number of nitrogens with one attached hydrogen (secondary N) is 3. The van der Waals surface area contributed by atoms with Crippen LogP contribution in [-0.4, -0.2) is 48.3 Å². The molecular weight excluding hydrogens is 573 g/mol. The Balaban J connectivity index is 0.000000541. The molecule has 1 aliphatic rings. The maximum Gasteiger partial charge on any atom is 0.293 e. The fourth-order valence-electron chi connectivity index (χ4n) is 4.42. The van der Waals surface area contributed by atoms with Gasteiger partial charge < -0.3 is 30.2 Å². The monoisotopic (exact) mass is 609 g/mol. The lowest BCUT2D eigenvalue weighted by Gasteiger charge is -2.25. The molecule has 0 atom stereocenters. The van der Waals surface area contributed by atoms with Crippen LogP contribution in [-0.2, 0) is 16.1 Å². The van der Waals surface area contributed by atoms with Crippen molar-refractivity contribution in [1.82, 2.24) is 15.3 Å². The number of nitrogens with zero attached hydrogens (tertiary/aromatic N) is 2. The van der Waals surface area contributed by atoms with Crippen molar-refractivity contribution < 1.29 is 23.4 Å². The van der Waals surface area contributed by atoms with Crippen molar-refractivity contribution in [3.8, 4) is 11.5 Å². The number of carbonyl (C=O) groups is 1. The minimum absolute atomic E-state index is 0.218. The summed E-state index contributed by atoms with van der Waals surface area (Å²) in [7, 11) is 1.66. The number of halogens is 2. The van der Waals surface area contributed by atoms with Crippen LogP contribution >= 0.6 is 11.6 Å². The maximum atomic E-state index is 13.4. The number of piperidine rings is 1.